The van der Waals surface area contributed by atoms with E-state index in [9.17, 15) is 9.18 Å². The van der Waals surface area contributed by atoms with E-state index < -0.39 is 5.82 Å². The second-order valence-corrected chi connectivity index (χ2v) is 5.24. The number of hydrogen-bond donors (Lipinski definition) is 1. The molecular formula is C19H16FN3O2. The Morgan fingerprint density at radius 1 is 1.00 bits per heavy atom. The fourth-order valence-electron chi connectivity index (χ4n) is 2.21. The molecule has 0 aliphatic rings. The molecule has 0 fully saturated rings. The Labute approximate surface area is 144 Å². The lowest BCUT2D eigenvalue weighted by Gasteiger charge is -2.07. The van der Waals surface area contributed by atoms with E-state index in [1.807, 2.05) is 36.4 Å². The molecule has 3 rings (SSSR count). The number of hydrogen-bond acceptors (Lipinski definition) is 4. The van der Waals surface area contributed by atoms with Crippen LogP contribution < -0.4 is 10.1 Å². The third-order valence-corrected chi connectivity index (χ3v) is 3.43. The van der Waals surface area contributed by atoms with E-state index in [2.05, 4.69) is 15.5 Å². The van der Waals surface area contributed by atoms with Gasteiger partial charge in [-0.1, -0.05) is 36.4 Å². The van der Waals surface area contributed by atoms with Crippen LogP contribution in [0.3, 0.4) is 0 Å². The monoisotopic (exact) mass is 337 g/mol. The van der Waals surface area contributed by atoms with Crippen molar-refractivity contribution in [2.45, 2.75) is 0 Å². The third-order valence-electron chi connectivity index (χ3n) is 3.43. The number of nitrogens with zero attached hydrogens (tertiary/aromatic N) is 2. The van der Waals surface area contributed by atoms with Crippen LogP contribution in [0.5, 0.6) is 5.88 Å². The highest BCUT2D eigenvalue weighted by Crippen LogP contribution is 2.16. The molecule has 0 bridgehead atoms. The molecule has 2 aromatic carbocycles. The van der Waals surface area contributed by atoms with Crippen LogP contribution >= 0.6 is 0 Å². The van der Waals surface area contributed by atoms with Crippen LogP contribution in [0.25, 0.3) is 11.3 Å². The highest BCUT2D eigenvalue weighted by molar-refractivity contribution is 5.94. The van der Waals surface area contributed by atoms with Gasteiger partial charge in [-0.05, 0) is 24.3 Å². The van der Waals surface area contributed by atoms with Crippen LogP contribution in [-0.2, 0) is 0 Å². The predicted molar refractivity (Wildman–Crippen MR) is 91.7 cm³/mol. The van der Waals surface area contributed by atoms with E-state index in [0.717, 1.165) is 11.3 Å². The third kappa shape index (κ3) is 4.60. The molecule has 0 aliphatic carbocycles. The van der Waals surface area contributed by atoms with Gasteiger partial charge in [0.25, 0.3) is 5.91 Å². The van der Waals surface area contributed by atoms with Gasteiger partial charge in [-0.15, -0.1) is 10.2 Å². The summed E-state index contributed by atoms with van der Waals surface area (Å²) in [6.45, 7) is 0.512. The Balaban J connectivity index is 1.47. The molecule has 25 heavy (non-hydrogen) atoms. The van der Waals surface area contributed by atoms with E-state index in [4.69, 9.17) is 4.74 Å². The first-order valence-corrected chi connectivity index (χ1v) is 7.78. The van der Waals surface area contributed by atoms with Crippen molar-refractivity contribution in [3.63, 3.8) is 0 Å². The van der Waals surface area contributed by atoms with E-state index in [1.165, 1.54) is 18.2 Å². The summed E-state index contributed by atoms with van der Waals surface area (Å²) in [5.74, 6) is -0.425. The second kappa shape index (κ2) is 8.01. The van der Waals surface area contributed by atoms with Crippen LogP contribution in [0.15, 0.2) is 66.7 Å². The van der Waals surface area contributed by atoms with Crippen LogP contribution in [-0.4, -0.2) is 29.3 Å². The van der Waals surface area contributed by atoms with Gasteiger partial charge in [0.1, 0.15) is 12.4 Å². The standard InChI is InChI=1S/C19H16FN3O2/c20-16-8-4-7-15(13-16)19(24)21-11-12-25-18-10-9-17(22-23-18)14-5-2-1-3-6-14/h1-10,13H,11-12H2,(H,21,24). The molecule has 5 nitrogen and oxygen atoms in total. The number of halogens is 1. The topological polar surface area (TPSA) is 64.1 Å². The van der Waals surface area contributed by atoms with Crippen molar-refractivity contribution in [2.24, 2.45) is 0 Å². The maximum absolute atomic E-state index is 13.1. The SMILES string of the molecule is O=C(NCCOc1ccc(-c2ccccc2)nn1)c1cccc(F)c1. The summed E-state index contributed by atoms with van der Waals surface area (Å²) in [6.07, 6.45) is 0. The van der Waals surface area contributed by atoms with Gasteiger partial charge < -0.3 is 10.1 Å². The number of aromatic nitrogens is 2. The molecule has 0 spiro atoms. The lowest BCUT2D eigenvalue weighted by atomic mass is 10.1. The number of amides is 1. The van der Waals surface area contributed by atoms with Crippen LogP contribution in [0.2, 0.25) is 0 Å². The largest absolute Gasteiger partial charge is 0.475 e. The van der Waals surface area contributed by atoms with Gasteiger partial charge in [0, 0.05) is 17.2 Å². The van der Waals surface area contributed by atoms with Gasteiger partial charge in [0.15, 0.2) is 0 Å². The quantitative estimate of drug-likeness (QED) is 0.702. The van der Waals surface area contributed by atoms with E-state index in [1.54, 1.807) is 12.1 Å². The zero-order chi connectivity index (χ0) is 17.5. The van der Waals surface area contributed by atoms with Crippen molar-refractivity contribution in [3.8, 4) is 17.1 Å². The Kier molecular flexibility index (Phi) is 5.31. The maximum atomic E-state index is 13.1. The van der Waals surface area contributed by atoms with Crippen molar-refractivity contribution in [1.29, 1.82) is 0 Å². The summed E-state index contributed by atoms with van der Waals surface area (Å²) in [5.41, 5.74) is 2.00. The van der Waals surface area contributed by atoms with Gasteiger partial charge in [-0.2, -0.15) is 0 Å². The number of nitrogens with one attached hydrogen (secondary N) is 1. The maximum Gasteiger partial charge on any atom is 0.251 e. The van der Waals surface area contributed by atoms with Crippen molar-refractivity contribution < 1.29 is 13.9 Å². The molecule has 0 aliphatic heterocycles. The van der Waals surface area contributed by atoms with Crippen LogP contribution in [0.1, 0.15) is 10.4 Å². The Hall–Kier alpha value is -3.28. The highest BCUT2D eigenvalue weighted by atomic mass is 19.1. The summed E-state index contributed by atoms with van der Waals surface area (Å²) in [4.78, 5) is 11.8. The second-order valence-electron chi connectivity index (χ2n) is 5.24. The average Bonchev–Trinajstić information content (AvgIpc) is 2.66. The van der Waals surface area contributed by atoms with Crippen molar-refractivity contribution in [3.05, 3.63) is 78.1 Å². The first-order valence-electron chi connectivity index (χ1n) is 7.78. The minimum atomic E-state index is -0.447. The van der Waals surface area contributed by atoms with Gasteiger partial charge in [-0.3, -0.25) is 4.79 Å². The van der Waals surface area contributed by atoms with Crippen molar-refractivity contribution in [2.75, 3.05) is 13.2 Å². The Morgan fingerprint density at radius 2 is 1.84 bits per heavy atom. The Morgan fingerprint density at radius 3 is 2.56 bits per heavy atom. The minimum absolute atomic E-state index is 0.237. The molecule has 0 radical (unpaired) electrons. The summed E-state index contributed by atoms with van der Waals surface area (Å²) < 4.78 is 18.5. The number of benzene rings is 2. The molecule has 0 atom stereocenters. The molecule has 1 heterocycles. The van der Waals surface area contributed by atoms with Gasteiger partial charge in [-0.25, -0.2) is 4.39 Å². The fraction of sp³-hybridized carbons (Fsp3) is 0.105. The lowest BCUT2D eigenvalue weighted by Crippen LogP contribution is -2.28. The number of rotatable bonds is 6. The summed E-state index contributed by atoms with van der Waals surface area (Å²) >= 11 is 0. The smallest absolute Gasteiger partial charge is 0.251 e. The van der Waals surface area contributed by atoms with Gasteiger partial charge in [0.05, 0.1) is 12.2 Å². The van der Waals surface area contributed by atoms with Crippen LogP contribution in [0, 0.1) is 5.82 Å². The van der Waals surface area contributed by atoms with Crippen LogP contribution in [0.4, 0.5) is 4.39 Å². The lowest BCUT2D eigenvalue weighted by molar-refractivity contribution is 0.0946. The molecule has 1 amide bonds. The first kappa shape index (κ1) is 16.6. The highest BCUT2D eigenvalue weighted by Gasteiger charge is 2.06. The summed E-state index contributed by atoms with van der Waals surface area (Å²) in [6, 6.07) is 18.8. The number of ether oxygens (including phenoxy) is 1. The number of carbonyl (C=O) groups is 1. The molecule has 3 aromatic rings. The number of carbonyl (C=O) groups excluding carboxylic acids is 1. The average molecular weight is 337 g/mol. The van der Waals surface area contributed by atoms with E-state index >= 15 is 0 Å². The normalized spacial score (nSPS) is 10.3. The van der Waals surface area contributed by atoms with Gasteiger partial charge in [0.2, 0.25) is 5.88 Å². The zero-order valence-electron chi connectivity index (χ0n) is 13.4. The van der Waals surface area contributed by atoms with Crippen molar-refractivity contribution >= 4 is 5.91 Å². The predicted octanol–water partition coefficient (Wildman–Crippen LogP) is 3.09. The molecule has 126 valence electrons. The summed E-state index contributed by atoms with van der Waals surface area (Å²) in [7, 11) is 0. The van der Waals surface area contributed by atoms with Crippen molar-refractivity contribution in [1.82, 2.24) is 15.5 Å². The molecule has 1 aromatic heterocycles. The molecular weight excluding hydrogens is 321 g/mol. The minimum Gasteiger partial charge on any atom is -0.475 e. The molecule has 0 saturated carbocycles. The fourth-order valence-corrected chi connectivity index (χ4v) is 2.21. The summed E-state index contributed by atoms with van der Waals surface area (Å²) in [5, 5.41) is 10.8. The van der Waals surface area contributed by atoms with E-state index in [-0.39, 0.29) is 24.6 Å². The van der Waals surface area contributed by atoms with E-state index in [0.29, 0.717) is 5.88 Å². The van der Waals surface area contributed by atoms with Gasteiger partial charge >= 0.3 is 0 Å². The zero-order valence-corrected chi connectivity index (χ0v) is 13.4. The molecule has 6 heteroatoms. The first-order chi connectivity index (χ1) is 12.2. The Bertz CT molecular complexity index is 839. The molecule has 0 saturated heterocycles. The molecule has 0 unspecified atom stereocenters. The molecule has 1 N–H and O–H groups in total.